The van der Waals surface area contributed by atoms with Gasteiger partial charge < -0.3 is 0 Å². The Balaban J connectivity index is 2.19. The molecule has 0 aliphatic carbocycles. The normalized spacial score (nSPS) is 15.2. The van der Waals surface area contributed by atoms with E-state index in [2.05, 4.69) is 0 Å². The predicted molar refractivity (Wildman–Crippen MR) is 65.8 cm³/mol. The van der Waals surface area contributed by atoms with Gasteiger partial charge in [-0.25, -0.2) is 0 Å². The van der Waals surface area contributed by atoms with E-state index in [4.69, 9.17) is 0 Å². The molecular weight excluding hydrogens is 214 g/mol. The van der Waals surface area contributed by atoms with Crippen molar-refractivity contribution >= 4 is 11.8 Å². The van der Waals surface area contributed by atoms with Crippen molar-refractivity contribution in [2.24, 2.45) is 0 Å². The van der Waals surface area contributed by atoms with Crippen molar-refractivity contribution in [1.29, 1.82) is 0 Å². The first-order valence-corrected chi connectivity index (χ1v) is 5.48. The zero-order valence-corrected chi connectivity index (χ0v) is 9.59. The van der Waals surface area contributed by atoms with E-state index >= 15 is 0 Å². The quantitative estimate of drug-likeness (QED) is 0.587. The average molecular weight is 227 g/mol. The molecule has 2 rings (SSSR count). The summed E-state index contributed by atoms with van der Waals surface area (Å²) >= 11 is 0. The highest BCUT2D eigenvalue weighted by Gasteiger charge is 2.33. The van der Waals surface area contributed by atoms with Crippen molar-refractivity contribution in [2.75, 3.05) is 6.54 Å². The highest BCUT2D eigenvalue weighted by Crippen LogP contribution is 2.21. The SMILES string of the molecule is CC=CC=CCN1C(=O)c2ccccc2C1=O. The number of amides is 2. The molecule has 1 aliphatic rings. The molecule has 0 atom stereocenters. The molecule has 3 nitrogen and oxygen atoms in total. The number of imide groups is 1. The third-order valence-electron chi connectivity index (χ3n) is 2.61. The van der Waals surface area contributed by atoms with E-state index in [1.54, 1.807) is 30.3 Å². The van der Waals surface area contributed by atoms with Gasteiger partial charge in [-0.15, -0.1) is 0 Å². The Kier molecular flexibility index (Phi) is 3.19. The molecule has 0 N–H and O–H groups in total. The summed E-state index contributed by atoms with van der Waals surface area (Å²) in [6, 6.07) is 6.91. The van der Waals surface area contributed by atoms with Crippen molar-refractivity contribution in [3.63, 3.8) is 0 Å². The lowest BCUT2D eigenvalue weighted by molar-refractivity contribution is 0.0672. The smallest absolute Gasteiger partial charge is 0.261 e. The lowest BCUT2D eigenvalue weighted by atomic mass is 10.1. The van der Waals surface area contributed by atoms with E-state index in [-0.39, 0.29) is 11.8 Å². The molecule has 1 heterocycles. The molecule has 0 spiro atoms. The van der Waals surface area contributed by atoms with Gasteiger partial charge in [0.2, 0.25) is 0 Å². The Labute approximate surface area is 100 Å². The summed E-state index contributed by atoms with van der Waals surface area (Å²) in [7, 11) is 0. The van der Waals surface area contributed by atoms with Gasteiger partial charge in [0, 0.05) is 6.54 Å². The maximum atomic E-state index is 11.9. The first kappa shape index (κ1) is 11.3. The number of allylic oxidation sites excluding steroid dienone is 3. The maximum absolute atomic E-state index is 11.9. The fraction of sp³-hybridized carbons (Fsp3) is 0.143. The molecule has 2 amide bonds. The largest absolute Gasteiger partial charge is 0.270 e. The number of carbonyl (C=O) groups excluding carboxylic acids is 2. The van der Waals surface area contributed by atoms with Crippen LogP contribution in [0.1, 0.15) is 27.6 Å². The molecule has 0 bridgehead atoms. The van der Waals surface area contributed by atoms with Crippen molar-refractivity contribution in [1.82, 2.24) is 4.90 Å². The van der Waals surface area contributed by atoms with Crippen LogP contribution in [0, 0.1) is 0 Å². The molecule has 0 fully saturated rings. The number of benzene rings is 1. The van der Waals surface area contributed by atoms with Gasteiger partial charge in [-0.05, 0) is 19.1 Å². The molecule has 86 valence electrons. The van der Waals surface area contributed by atoms with Gasteiger partial charge in [0.1, 0.15) is 0 Å². The van der Waals surface area contributed by atoms with Crippen LogP contribution in [0.3, 0.4) is 0 Å². The van der Waals surface area contributed by atoms with E-state index in [0.717, 1.165) is 0 Å². The molecule has 17 heavy (non-hydrogen) atoms. The summed E-state index contributed by atoms with van der Waals surface area (Å²) in [6.45, 7) is 2.23. The van der Waals surface area contributed by atoms with Gasteiger partial charge in [0.25, 0.3) is 11.8 Å². The fourth-order valence-electron chi connectivity index (χ4n) is 1.76. The number of hydrogen-bond donors (Lipinski definition) is 0. The van der Waals surface area contributed by atoms with Crippen LogP contribution in [-0.4, -0.2) is 23.3 Å². The lowest BCUT2D eigenvalue weighted by Crippen LogP contribution is -2.29. The highest BCUT2D eigenvalue weighted by molar-refractivity contribution is 6.21. The number of hydrogen-bond acceptors (Lipinski definition) is 2. The first-order valence-electron chi connectivity index (χ1n) is 5.48. The van der Waals surface area contributed by atoms with E-state index in [1.807, 2.05) is 25.2 Å². The number of nitrogens with zero attached hydrogens (tertiary/aromatic N) is 1. The second-order valence-corrected chi connectivity index (χ2v) is 3.72. The minimum absolute atomic E-state index is 0.212. The molecule has 0 saturated carbocycles. The number of carbonyl (C=O) groups is 2. The van der Waals surface area contributed by atoms with E-state index in [0.29, 0.717) is 17.7 Å². The summed E-state index contributed by atoms with van der Waals surface area (Å²) in [6.07, 6.45) is 7.36. The number of fused-ring (bicyclic) bond motifs is 1. The Hall–Kier alpha value is -2.16. The van der Waals surface area contributed by atoms with Gasteiger partial charge in [-0.1, -0.05) is 36.4 Å². The fourth-order valence-corrected chi connectivity index (χ4v) is 1.76. The Morgan fingerprint density at radius 3 is 2.18 bits per heavy atom. The Morgan fingerprint density at radius 2 is 1.65 bits per heavy atom. The van der Waals surface area contributed by atoms with Crippen molar-refractivity contribution in [3.05, 3.63) is 59.7 Å². The van der Waals surface area contributed by atoms with Crippen LogP contribution in [-0.2, 0) is 0 Å². The predicted octanol–water partition coefficient (Wildman–Crippen LogP) is 2.41. The van der Waals surface area contributed by atoms with E-state index < -0.39 is 0 Å². The zero-order chi connectivity index (χ0) is 12.3. The highest BCUT2D eigenvalue weighted by atomic mass is 16.2. The van der Waals surface area contributed by atoms with Crippen molar-refractivity contribution in [3.8, 4) is 0 Å². The van der Waals surface area contributed by atoms with Gasteiger partial charge in [0.05, 0.1) is 11.1 Å². The Bertz CT molecular complexity index is 480. The second kappa shape index (κ2) is 4.78. The van der Waals surface area contributed by atoms with Crippen LogP contribution in [0.2, 0.25) is 0 Å². The molecule has 0 radical (unpaired) electrons. The van der Waals surface area contributed by atoms with Crippen molar-refractivity contribution in [2.45, 2.75) is 6.92 Å². The average Bonchev–Trinajstić information content (AvgIpc) is 2.60. The van der Waals surface area contributed by atoms with Crippen LogP contribution in [0.4, 0.5) is 0 Å². The van der Waals surface area contributed by atoms with Crippen LogP contribution in [0.5, 0.6) is 0 Å². The van der Waals surface area contributed by atoms with Crippen molar-refractivity contribution < 1.29 is 9.59 Å². The van der Waals surface area contributed by atoms with E-state index in [9.17, 15) is 9.59 Å². The second-order valence-electron chi connectivity index (χ2n) is 3.72. The van der Waals surface area contributed by atoms with Gasteiger partial charge in [-0.2, -0.15) is 0 Å². The van der Waals surface area contributed by atoms with Crippen LogP contribution in [0.15, 0.2) is 48.6 Å². The molecule has 0 unspecified atom stereocenters. The summed E-state index contributed by atoms with van der Waals surface area (Å²) in [4.78, 5) is 25.1. The van der Waals surface area contributed by atoms with Crippen LogP contribution in [0.25, 0.3) is 0 Å². The minimum Gasteiger partial charge on any atom is -0.270 e. The summed E-state index contributed by atoms with van der Waals surface area (Å²) in [5, 5.41) is 0. The molecule has 1 aromatic rings. The molecular formula is C14H13NO2. The standard InChI is InChI=1S/C14H13NO2/c1-2-3-4-7-10-15-13(16)11-8-5-6-9-12(11)14(15)17/h2-9H,10H2,1H3. The Morgan fingerprint density at radius 1 is 1.06 bits per heavy atom. The summed E-state index contributed by atoms with van der Waals surface area (Å²) in [5.74, 6) is -0.425. The topological polar surface area (TPSA) is 37.4 Å². The van der Waals surface area contributed by atoms with Crippen LogP contribution < -0.4 is 0 Å². The molecule has 1 aromatic carbocycles. The monoisotopic (exact) mass is 227 g/mol. The summed E-state index contributed by atoms with van der Waals surface area (Å²) < 4.78 is 0. The first-order chi connectivity index (χ1) is 8.25. The third kappa shape index (κ3) is 2.04. The molecule has 0 saturated heterocycles. The summed E-state index contributed by atoms with van der Waals surface area (Å²) in [5.41, 5.74) is 0.994. The third-order valence-corrected chi connectivity index (χ3v) is 2.61. The number of rotatable bonds is 3. The molecule has 0 aromatic heterocycles. The molecule has 1 aliphatic heterocycles. The zero-order valence-electron chi connectivity index (χ0n) is 9.59. The van der Waals surface area contributed by atoms with E-state index in [1.165, 1.54) is 4.90 Å². The van der Waals surface area contributed by atoms with Crippen LogP contribution >= 0.6 is 0 Å². The van der Waals surface area contributed by atoms with Gasteiger partial charge in [0.15, 0.2) is 0 Å². The minimum atomic E-state index is -0.212. The molecule has 3 heteroatoms. The lowest BCUT2D eigenvalue weighted by Gasteiger charge is -2.09. The van der Waals surface area contributed by atoms with Gasteiger partial charge >= 0.3 is 0 Å². The van der Waals surface area contributed by atoms with Gasteiger partial charge in [-0.3, -0.25) is 14.5 Å². The maximum Gasteiger partial charge on any atom is 0.261 e.